The number of halogens is 1. The number of hydrogen-bond acceptors (Lipinski definition) is 3. The van der Waals surface area contributed by atoms with Crippen LogP contribution in [-0.2, 0) is 0 Å². The Hall–Kier alpha value is -1.13. The molecule has 2 saturated carbocycles. The van der Waals surface area contributed by atoms with Crippen LogP contribution in [0.5, 0.6) is 5.75 Å². The summed E-state index contributed by atoms with van der Waals surface area (Å²) in [6.07, 6.45) is 5.20. The van der Waals surface area contributed by atoms with Gasteiger partial charge in [0, 0.05) is 11.6 Å². The average molecular weight is 276 g/mol. The van der Waals surface area contributed by atoms with Crippen molar-refractivity contribution >= 4 is 0 Å². The van der Waals surface area contributed by atoms with E-state index >= 15 is 0 Å². The molecule has 0 spiro atoms. The van der Waals surface area contributed by atoms with Crippen molar-refractivity contribution in [2.24, 2.45) is 17.8 Å². The SMILES string of the molecule is COc1ccc(F)cc1C1CC2C3CCC(C3)C2NN1. The van der Waals surface area contributed by atoms with E-state index in [1.165, 1.54) is 25.3 Å². The first kappa shape index (κ1) is 12.6. The lowest BCUT2D eigenvalue weighted by Gasteiger charge is -2.40. The molecular formula is C16H21FN2O. The number of benzene rings is 1. The second kappa shape index (κ2) is 4.71. The predicted octanol–water partition coefficient (Wildman–Crippen LogP) is 2.79. The van der Waals surface area contributed by atoms with Crippen LogP contribution in [0.4, 0.5) is 4.39 Å². The fourth-order valence-electron chi connectivity index (χ4n) is 4.68. The Bertz CT molecular complexity index is 521. The lowest BCUT2D eigenvalue weighted by Crippen LogP contribution is -2.54. The minimum absolute atomic E-state index is 0.140. The standard InChI is InChI=1S/C16H21FN2O/c1-20-15-5-4-11(17)7-13(15)14-8-12-9-2-3-10(6-9)16(12)19-18-14/h4-5,7,9-10,12,14,16,18-19H,2-3,6,8H2,1H3. The number of rotatable bonds is 2. The fraction of sp³-hybridized carbons (Fsp3) is 0.625. The summed E-state index contributed by atoms with van der Waals surface area (Å²) in [6, 6.07) is 5.54. The number of hydrogen-bond donors (Lipinski definition) is 2. The molecule has 5 unspecified atom stereocenters. The third kappa shape index (κ3) is 1.85. The highest BCUT2D eigenvalue weighted by Gasteiger charge is 2.50. The van der Waals surface area contributed by atoms with Crippen LogP contribution in [-0.4, -0.2) is 13.2 Å². The second-order valence-corrected chi connectivity index (χ2v) is 6.49. The Morgan fingerprint density at radius 1 is 1.15 bits per heavy atom. The molecule has 0 amide bonds. The molecule has 3 nitrogen and oxygen atoms in total. The molecule has 1 aromatic rings. The smallest absolute Gasteiger partial charge is 0.123 e. The Morgan fingerprint density at radius 3 is 2.85 bits per heavy atom. The Balaban J connectivity index is 1.60. The van der Waals surface area contributed by atoms with Crippen molar-refractivity contribution in [3.63, 3.8) is 0 Å². The van der Waals surface area contributed by atoms with E-state index in [0.29, 0.717) is 6.04 Å². The van der Waals surface area contributed by atoms with E-state index in [0.717, 1.165) is 35.5 Å². The summed E-state index contributed by atoms with van der Waals surface area (Å²) in [5.41, 5.74) is 7.83. The van der Waals surface area contributed by atoms with E-state index in [1.54, 1.807) is 19.2 Å². The van der Waals surface area contributed by atoms with Gasteiger partial charge in [-0.05, 0) is 61.6 Å². The normalized spacial score (nSPS) is 38.8. The number of nitrogens with one attached hydrogen (secondary N) is 2. The molecule has 4 heteroatoms. The van der Waals surface area contributed by atoms with Crippen molar-refractivity contribution in [2.45, 2.75) is 37.8 Å². The summed E-state index contributed by atoms with van der Waals surface area (Å²) in [5.74, 6) is 3.01. The van der Waals surface area contributed by atoms with Crippen LogP contribution in [0.2, 0.25) is 0 Å². The first-order valence-corrected chi connectivity index (χ1v) is 7.60. The molecule has 1 aromatic carbocycles. The highest BCUT2D eigenvalue weighted by Crippen LogP contribution is 2.52. The molecular weight excluding hydrogens is 255 g/mol. The van der Waals surface area contributed by atoms with Crippen LogP contribution in [0.3, 0.4) is 0 Å². The van der Waals surface area contributed by atoms with Crippen molar-refractivity contribution in [2.75, 3.05) is 7.11 Å². The van der Waals surface area contributed by atoms with Crippen LogP contribution in [0.15, 0.2) is 18.2 Å². The maximum absolute atomic E-state index is 13.6. The molecule has 1 saturated heterocycles. The van der Waals surface area contributed by atoms with Crippen LogP contribution in [0.25, 0.3) is 0 Å². The molecule has 3 fully saturated rings. The van der Waals surface area contributed by atoms with Gasteiger partial charge in [0.25, 0.3) is 0 Å². The second-order valence-electron chi connectivity index (χ2n) is 6.49. The number of ether oxygens (including phenoxy) is 1. The molecule has 20 heavy (non-hydrogen) atoms. The van der Waals surface area contributed by atoms with E-state index in [2.05, 4.69) is 10.9 Å². The van der Waals surface area contributed by atoms with Gasteiger partial charge in [-0.25, -0.2) is 9.82 Å². The van der Waals surface area contributed by atoms with Crippen LogP contribution in [0, 0.1) is 23.6 Å². The summed E-state index contributed by atoms with van der Waals surface area (Å²) >= 11 is 0. The summed E-state index contributed by atoms with van der Waals surface area (Å²) < 4.78 is 18.9. The molecule has 5 atom stereocenters. The minimum atomic E-state index is -0.197. The number of methoxy groups -OCH3 is 1. The summed E-state index contributed by atoms with van der Waals surface area (Å²) in [6.45, 7) is 0. The van der Waals surface area contributed by atoms with Crippen LogP contribution < -0.4 is 15.6 Å². The molecule has 1 heterocycles. The van der Waals surface area contributed by atoms with Gasteiger partial charge in [0.15, 0.2) is 0 Å². The molecule has 4 rings (SSSR count). The molecule has 0 aromatic heterocycles. The number of fused-ring (bicyclic) bond motifs is 5. The van der Waals surface area contributed by atoms with Gasteiger partial charge in [0.1, 0.15) is 11.6 Å². The highest BCUT2D eigenvalue weighted by molar-refractivity contribution is 5.37. The predicted molar refractivity (Wildman–Crippen MR) is 74.7 cm³/mol. The molecule has 2 N–H and O–H groups in total. The van der Waals surface area contributed by atoms with Gasteiger partial charge in [-0.15, -0.1) is 0 Å². The molecule has 0 radical (unpaired) electrons. The quantitative estimate of drug-likeness (QED) is 0.871. The van der Waals surface area contributed by atoms with E-state index in [9.17, 15) is 4.39 Å². The monoisotopic (exact) mass is 276 g/mol. The molecule has 108 valence electrons. The third-order valence-corrected chi connectivity index (χ3v) is 5.59. The summed E-state index contributed by atoms with van der Waals surface area (Å²) in [7, 11) is 1.65. The zero-order valence-electron chi connectivity index (χ0n) is 11.7. The highest BCUT2D eigenvalue weighted by atomic mass is 19.1. The fourth-order valence-corrected chi connectivity index (χ4v) is 4.68. The lowest BCUT2D eigenvalue weighted by molar-refractivity contribution is 0.138. The largest absolute Gasteiger partial charge is 0.496 e. The molecule has 3 aliphatic rings. The first-order valence-electron chi connectivity index (χ1n) is 7.60. The van der Waals surface area contributed by atoms with Crippen molar-refractivity contribution in [1.82, 2.24) is 10.9 Å². The van der Waals surface area contributed by atoms with E-state index in [1.807, 2.05) is 0 Å². The molecule has 2 bridgehead atoms. The van der Waals surface area contributed by atoms with Crippen molar-refractivity contribution in [3.05, 3.63) is 29.6 Å². The van der Waals surface area contributed by atoms with Gasteiger partial charge in [-0.1, -0.05) is 0 Å². The van der Waals surface area contributed by atoms with Crippen molar-refractivity contribution in [1.29, 1.82) is 0 Å². The average Bonchev–Trinajstić information content (AvgIpc) is 3.08. The van der Waals surface area contributed by atoms with Gasteiger partial charge in [0.2, 0.25) is 0 Å². The van der Waals surface area contributed by atoms with Gasteiger partial charge >= 0.3 is 0 Å². The first-order chi connectivity index (χ1) is 9.76. The van der Waals surface area contributed by atoms with Gasteiger partial charge in [0.05, 0.1) is 13.2 Å². The van der Waals surface area contributed by atoms with Crippen molar-refractivity contribution in [3.8, 4) is 5.75 Å². The molecule has 2 aliphatic carbocycles. The van der Waals surface area contributed by atoms with E-state index in [-0.39, 0.29) is 11.9 Å². The zero-order valence-corrected chi connectivity index (χ0v) is 11.7. The van der Waals surface area contributed by atoms with Crippen molar-refractivity contribution < 1.29 is 9.13 Å². The van der Waals surface area contributed by atoms with Gasteiger partial charge < -0.3 is 4.74 Å². The summed E-state index contributed by atoms with van der Waals surface area (Å²) in [4.78, 5) is 0. The zero-order chi connectivity index (χ0) is 13.7. The minimum Gasteiger partial charge on any atom is -0.496 e. The Morgan fingerprint density at radius 2 is 2.00 bits per heavy atom. The van der Waals surface area contributed by atoms with Gasteiger partial charge in [-0.3, -0.25) is 5.43 Å². The van der Waals surface area contributed by atoms with Crippen LogP contribution >= 0.6 is 0 Å². The maximum atomic E-state index is 13.6. The van der Waals surface area contributed by atoms with E-state index in [4.69, 9.17) is 4.74 Å². The third-order valence-electron chi connectivity index (χ3n) is 5.59. The van der Waals surface area contributed by atoms with Gasteiger partial charge in [-0.2, -0.15) is 0 Å². The van der Waals surface area contributed by atoms with Crippen LogP contribution in [0.1, 0.15) is 37.3 Å². The Kier molecular flexibility index (Phi) is 2.97. The van der Waals surface area contributed by atoms with E-state index < -0.39 is 0 Å². The Labute approximate surface area is 118 Å². The topological polar surface area (TPSA) is 33.3 Å². The maximum Gasteiger partial charge on any atom is 0.123 e. The summed E-state index contributed by atoms with van der Waals surface area (Å²) in [5, 5.41) is 0. The number of hydrazine groups is 1. The lowest BCUT2D eigenvalue weighted by atomic mass is 9.78. The molecule has 1 aliphatic heterocycles.